The summed E-state index contributed by atoms with van der Waals surface area (Å²) in [5.74, 6) is 0.451. The summed E-state index contributed by atoms with van der Waals surface area (Å²) in [6.07, 6.45) is 0.924. The fourth-order valence-electron chi connectivity index (χ4n) is 2.30. The van der Waals surface area contributed by atoms with Gasteiger partial charge < -0.3 is 5.32 Å². The molecule has 1 amide bonds. The van der Waals surface area contributed by atoms with Crippen molar-refractivity contribution in [3.63, 3.8) is 0 Å². The Bertz CT molecular complexity index is 602. The molecule has 0 atom stereocenters. The SMILES string of the molecule is CC(C)c1cc(NC(=O)C2CCN(S(N)(=O)=O)CC2)n[nH]1. The van der Waals surface area contributed by atoms with Gasteiger partial charge in [0.15, 0.2) is 5.82 Å². The van der Waals surface area contributed by atoms with E-state index in [1.165, 1.54) is 4.31 Å². The third-order valence-corrected chi connectivity index (χ3v) is 4.74. The van der Waals surface area contributed by atoms with Crippen LogP contribution >= 0.6 is 0 Å². The molecule has 0 bridgehead atoms. The van der Waals surface area contributed by atoms with Crippen LogP contribution in [0.15, 0.2) is 6.07 Å². The van der Waals surface area contributed by atoms with Crippen LogP contribution in [-0.2, 0) is 15.0 Å². The molecule has 1 saturated heterocycles. The van der Waals surface area contributed by atoms with Gasteiger partial charge in [-0.3, -0.25) is 9.89 Å². The number of nitrogens with two attached hydrogens (primary N) is 1. The summed E-state index contributed by atoms with van der Waals surface area (Å²) in [4.78, 5) is 12.1. The zero-order valence-electron chi connectivity index (χ0n) is 12.2. The minimum atomic E-state index is -3.66. The number of aromatic amines is 1. The van der Waals surface area contributed by atoms with E-state index in [0.29, 0.717) is 24.6 Å². The third-order valence-electron chi connectivity index (χ3n) is 3.66. The van der Waals surface area contributed by atoms with Crippen LogP contribution in [0, 0.1) is 5.92 Å². The van der Waals surface area contributed by atoms with E-state index >= 15 is 0 Å². The molecule has 4 N–H and O–H groups in total. The molecular formula is C12H21N5O3S. The average molecular weight is 315 g/mol. The van der Waals surface area contributed by atoms with Gasteiger partial charge in [0, 0.05) is 30.8 Å². The number of carbonyl (C=O) groups excluding carboxylic acids is 1. The first-order valence-corrected chi connectivity index (χ1v) is 8.41. The molecule has 1 aromatic heterocycles. The topological polar surface area (TPSA) is 121 Å². The molecule has 1 aromatic rings. The standard InChI is InChI=1S/C12H21N5O3S/c1-8(2)10-7-11(16-15-10)14-12(18)9-3-5-17(6-4-9)21(13,19)20/h7-9H,3-6H2,1-2H3,(H2,13,19,20)(H2,14,15,16,18). The molecule has 0 aromatic carbocycles. The van der Waals surface area contributed by atoms with Crippen molar-refractivity contribution in [2.45, 2.75) is 32.6 Å². The minimum absolute atomic E-state index is 0.133. The minimum Gasteiger partial charge on any atom is -0.309 e. The average Bonchev–Trinajstić information content (AvgIpc) is 2.86. The molecule has 2 heterocycles. The number of H-pyrrole nitrogens is 1. The number of rotatable bonds is 4. The van der Waals surface area contributed by atoms with Crippen LogP contribution in [0.3, 0.4) is 0 Å². The Labute approximate surface area is 124 Å². The van der Waals surface area contributed by atoms with Crippen molar-refractivity contribution < 1.29 is 13.2 Å². The number of aromatic nitrogens is 2. The smallest absolute Gasteiger partial charge is 0.276 e. The molecule has 2 rings (SSSR count). The van der Waals surface area contributed by atoms with E-state index in [9.17, 15) is 13.2 Å². The van der Waals surface area contributed by atoms with Crippen LogP contribution in [-0.4, -0.2) is 41.9 Å². The van der Waals surface area contributed by atoms with Crippen molar-refractivity contribution in [1.82, 2.24) is 14.5 Å². The molecule has 1 aliphatic rings. The molecule has 118 valence electrons. The summed E-state index contributed by atoms with van der Waals surface area (Å²) in [7, 11) is -3.66. The van der Waals surface area contributed by atoms with E-state index in [1.54, 1.807) is 0 Å². The first-order chi connectivity index (χ1) is 9.77. The monoisotopic (exact) mass is 315 g/mol. The van der Waals surface area contributed by atoms with Gasteiger partial charge in [0.05, 0.1) is 0 Å². The van der Waals surface area contributed by atoms with Crippen LogP contribution < -0.4 is 10.5 Å². The number of anilines is 1. The van der Waals surface area contributed by atoms with Crippen LogP contribution in [0.4, 0.5) is 5.82 Å². The maximum absolute atomic E-state index is 12.1. The summed E-state index contributed by atoms with van der Waals surface area (Å²) in [5.41, 5.74) is 0.953. The van der Waals surface area contributed by atoms with E-state index in [4.69, 9.17) is 5.14 Å². The lowest BCUT2D eigenvalue weighted by molar-refractivity contribution is -0.120. The number of carbonyl (C=O) groups is 1. The van der Waals surface area contributed by atoms with Gasteiger partial charge >= 0.3 is 0 Å². The second kappa shape index (κ2) is 6.12. The Kier molecular flexibility index (Phi) is 4.64. The molecule has 0 unspecified atom stereocenters. The number of nitrogens with one attached hydrogen (secondary N) is 2. The summed E-state index contributed by atoms with van der Waals surface area (Å²) >= 11 is 0. The summed E-state index contributed by atoms with van der Waals surface area (Å²) in [5, 5.41) is 14.7. The van der Waals surface area contributed by atoms with Gasteiger partial charge in [0.25, 0.3) is 10.2 Å². The zero-order chi connectivity index (χ0) is 15.6. The molecule has 0 saturated carbocycles. The van der Waals surface area contributed by atoms with Crippen molar-refractivity contribution in [2.24, 2.45) is 11.1 Å². The summed E-state index contributed by atoms with van der Waals surface area (Å²) in [6, 6.07) is 1.81. The van der Waals surface area contributed by atoms with Crippen molar-refractivity contribution in [1.29, 1.82) is 0 Å². The molecular weight excluding hydrogens is 294 g/mol. The van der Waals surface area contributed by atoms with Crippen molar-refractivity contribution in [2.75, 3.05) is 18.4 Å². The Morgan fingerprint density at radius 3 is 2.57 bits per heavy atom. The lowest BCUT2D eigenvalue weighted by Gasteiger charge is -2.28. The number of hydrogen-bond donors (Lipinski definition) is 3. The van der Waals surface area contributed by atoms with E-state index in [2.05, 4.69) is 15.5 Å². The number of nitrogens with zero attached hydrogens (tertiary/aromatic N) is 2. The Morgan fingerprint density at radius 2 is 2.10 bits per heavy atom. The fraction of sp³-hybridized carbons (Fsp3) is 0.667. The second-order valence-electron chi connectivity index (χ2n) is 5.57. The van der Waals surface area contributed by atoms with Gasteiger partial charge in [0.2, 0.25) is 5.91 Å². The number of piperidine rings is 1. The lowest BCUT2D eigenvalue weighted by Crippen LogP contribution is -2.44. The largest absolute Gasteiger partial charge is 0.309 e. The number of amides is 1. The van der Waals surface area contributed by atoms with E-state index in [-0.39, 0.29) is 24.9 Å². The van der Waals surface area contributed by atoms with E-state index in [1.807, 2.05) is 19.9 Å². The molecule has 1 aliphatic heterocycles. The van der Waals surface area contributed by atoms with E-state index < -0.39 is 10.2 Å². The first-order valence-electron chi connectivity index (χ1n) is 6.91. The van der Waals surface area contributed by atoms with Crippen molar-refractivity contribution >= 4 is 21.9 Å². The molecule has 0 spiro atoms. The highest BCUT2D eigenvalue weighted by Crippen LogP contribution is 2.21. The Hall–Kier alpha value is -1.45. The molecule has 21 heavy (non-hydrogen) atoms. The van der Waals surface area contributed by atoms with Gasteiger partial charge in [-0.05, 0) is 18.8 Å². The normalized spacial score (nSPS) is 18.1. The van der Waals surface area contributed by atoms with Crippen molar-refractivity contribution in [3.05, 3.63) is 11.8 Å². The van der Waals surface area contributed by atoms with Gasteiger partial charge in [0.1, 0.15) is 0 Å². The number of hydrogen-bond acceptors (Lipinski definition) is 4. The van der Waals surface area contributed by atoms with Crippen LogP contribution in [0.25, 0.3) is 0 Å². The molecule has 1 fully saturated rings. The highest BCUT2D eigenvalue weighted by Gasteiger charge is 2.29. The van der Waals surface area contributed by atoms with Gasteiger partial charge in [-0.25, -0.2) is 5.14 Å². The quantitative estimate of drug-likeness (QED) is 0.744. The van der Waals surface area contributed by atoms with Crippen LogP contribution in [0.1, 0.15) is 38.3 Å². The highest BCUT2D eigenvalue weighted by atomic mass is 32.2. The van der Waals surface area contributed by atoms with Crippen LogP contribution in [0.2, 0.25) is 0 Å². The van der Waals surface area contributed by atoms with Gasteiger partial charge in [-0.1, -0.05) is 13.8 Å². The van der Waals surface area contributed by atoms with Gasteiger partial charge in [-0.15, -0.1) is 0 Å². The highest BCUT2D eigenvalue weighted by molar-refractivity contribution is 7.86. The molecule has 0 aliphatic carbocycles. The predicted octanol–water partition coefficient (Wildman–Crippen LogP) is 0.387. The lowest BCUT2D eigenvalue weighted by atomic mass is 9.97. The summed E-state index contributed by atoms with van der Waals surface area (Å²) < 4.78 is 23.6. The maximum Gasteiger partial charge on any atom is 0.276 e. The van der Waals surface area contributed by atoms with Crippen LogP contribution in [0.5, 0.6) is 0 Å². The Morgan fingerprint density at radius 1 is 1.48 bits per heavy atom. The Balaban J connectivity index is 1.90. The van der Waals surface area contributed by atoms with Crippen molar-refractivity contribution in [3.8, 4) is 0 Å². The maximum atomic E-state index is 12.1. The zero-order valence-corrected chi connectivity index (χ0v) is 13.0. The van der Waals surface area contributed by atoms with E-state index in [0.717, 1.165) is 5.69 Å². The van der Waals surface area contributed by atoms with Gasteiger partial charge in [-0.2, -0.15) is 17.8 Å². The second-order valence-corrected chi connectivity index (χ2v) is 7.12. The first kappa shape index (κ1) is 15.9. The molecule has 0 radical (unpaired) electrons. The molecule has 9 heteroatoms. The fourth-order valence-corrected chi connectivity index (χ4v) is 3.02. The molecule has 8 nitrogen and oxygen atoms in total. The summed E-state index contributed by atoms with van der Waals surface area (Å²) in [6.45, 7) is 4.60. The third kappa shape index (κ3) is 4.02. The predicted molar refractivity (Wildman–Crippen MR) is 78.7 cm³/mol.